The average molecular weight is 720 g/mol. The van der Waals surface area contributed by atoms with Crippen LogP contribution in [0.5, 0.6) is 11.5 Å². The number of halogens is 1. The van der Waals surface area contributed by atoms with Crippen LogP contribution in [0.2, 0.25) is 5.02 Å². The number of carbonyl (C=O) groups excluding carboxylic acids is 4. The van der Waals surface area contributed by atoms with Gasteiger partial charge in [0.05, 0.1) is 11.8 Å². The topological polar surface area (TPSA) is 106 Å². The maximum atomic E-state index is 14.4. The summed E-state index contributed by atoms with van der Waals surface area (Å²) in [5, 5.41) is 0.656. The number of rotatable bonds is 15. The maximum absolute atomic E-state index is 14.4. The molecule has 0 saturated carbocycles. The SMILES string of the molecule is CCC/C=C(\CN1CCN(C)CC1)N(C(=O)c1ccccc1C)c1cc(C(=O)COC(C)=O)ccc1OC(C)C.O=CCOc1ccc(Cl)cc1. The first-order chi connectivity index (χ1) is 24.4. The van der Waals surface area contributed by atoms with Crippen LogP contribution in [0.3, 0.4) is 0 Å². The largest absolute Gasteiger partial charge is 0.489 e. The number of aryl methyl sites for hydroxylation is 1. The quantitative estimate of drug-likeness (QED) is 0.0931. The zero-order valence-corrected chi connectivity index (χ0v) is 31.3. The van der Waals surface area contributed by atoms with Crippen LogP contribution >= 0.6 is 11.6 Å². The lowest BCUT2D eigenvalue weighted by atomic mass is 10.0. The maximum Gasteiger partial charge on any atom is 0.303 e. The number of aldehydes is 1. The molecule has 0 aliphatic carbocycles. The van der Waals surface area contributed by atoms with Gasteiger partial charge in [-0.25, -0.2) is 0 Å². The van der Waals surface area contributed by atoms with Gasteiger partial charge in [-0.2, -0.15) is 0 Å². The predicted molar refractivity (Wildman–Crippen MR) is 201 cm³/mol. The highest BCUT2D eigenvalue weighted by molar-refractivity contribution is 6.30. The van der Waals surface area contributed by atoms with E-state index >= 15 is 0 Å². The van der Waals surface area contributed by atoms with E-state index in [-0.39, 0.29) is 31.0 Å². The second-order valence-electron chi connectivity index (χ2n) is 12.5. The molecule has 4 rings (SSSR count). The summed E-state index contributed by atoms with van der Waals surface area (Å²) in [7, 11) is 2.12. The molecule has 0 spiro atoms. The smallest absolute Gasteiger partial charge is 0.303 e. The summed E-state index contributed by atoms with van der Waals surface area (Å²) < 4.78 is 16.2. The molecule has 1 aliphatic heterocycles. The molecule has 0 atom stereocenters. The van der Waals surface area contributed by atoms with Crippen LogP contribution < -0.4 is 14.4 Å². The number of allylic oxidation sites excluding steroid dienone is 1. The Morgan fingerprint density at radius 2 is 1.67 bits per heavy atom. The molecule has 0 aromatic heterocycles. The lowest BCUT2D eigenvalue weighted by molar-refractivity contribution is -0.139. The highest BCUT2D eigenvalue weighted by atomic mass is 35.5. The van der Waals surface area contributed by atoms with E-state index in [0.717, 1.165) is 50.3 Å². The number of piperazine rings is 1. The first-order valence-electron chi connectivity index (χ1n) is 17.2. The second kappa shape index (κ2) is 21.0. The minimum atomic E-state index is -0.526. The Balaban J connectivity index is 0.000000542. The molecule has 10 nitrogen and oxygen atoms in total. The van der Waals surface area contributed by atoms with Gasteiger partial charge in [-0.05, 0) is 88.3 Å². The third-order valence-corrected chi connectivity index (χ3v) is 8.19. The molecular weight excluding hydrogens is 670 g/mol. The van der Waals surface area contributed by atoms with Gasteiger partial charge in [-0.1, -0.05) is 49.2 Å². The zero-order chi connectivity index (χ0) is 37.3. The van der Waals surface area contributed by atoms with Gasteiger partial charge < -0.3 is 19.1 Å². The lowest BCUT2D eigenvalue weighted by Gasteiger charge is -2.36. The summed E-state index contributed by atoms with van der Waals surface area (Å²) in [5.41, 5.74) is 3.12. The van der Waals surface area contributed by atoms with Crippen LogP contribution in [0.1, 0.15) is 66.8 Å². The first kappa shape index (κ1) is 40.9. The van der Waals surface area contributed by atoms with Crippen LogP contribution in [0.25, 0.3) is 0 Å². The highest BCUT2D eigenvalue weighted by Crippen LogP contribution is 2.35. The summed E-state index contributed by atoms with van der Waals surface area (Å²) >= 11 is 5.62. The number of amides is 1. The van der Waals surface area contributed by atoms with Gasteiger partial charge in [0.15, 0.2) is 18.7 Å². The number of anilines is 1. The number of benzene rings is 3. The minimum absolute atomic E-state index is 0.0850. The molecular formula is C40H50ClN3O7. The Kier molecular flexibility index (Phi) is 16.8. The molecule has 3 aromatic rings. The highest BCUT2D eigenvalue weighted by Gasteiger charge is 2.29. The molecule has 51 heavy (non-hydrogen) atoms. The molecule has 1 heterocycles. The number of ketones is 1. The van der Waals surface area contributed by atoms with E-state index in [1.165, 1.54) is 6.92 Å². The number of unbranched alkanes of at least 4 members (excludes halogenated alkanes) is 1. The van der Waals surface area contributed by atoms with Gasteiger partial charge in [0, 0.05) is 61.5 Å². The summed E-state index contributed by atoms with van der Waals surface area (Å²) in [6.07, 6.45) is 4.40. The van der Waals surface area contributed by atoms with E-state index in [1.807, 2.05) is 45.0 Å². The lowest BCUT2D eigenvalue weighted by Crippen LogP contribution is -2.47. The van der Waals surface area contributed by atoms with Crippen molar-refractivity contribution in [1.82, 2.24) is 9.80 Å². The number of likely N-dealkylation sites (N-methyl/N-ethyl adjacent to an activating group) is 1. The number of hydrogen-bond acceptors (Lipinski definition) is 9. The molecule has 1 saturated heterocycles. The van der Waals surface area contributed by atoms with Gasteiger partial charge in [-0.3, -0.25) is 29.0 Å². The average Bonchev–Trinajstić information content (AvgIpc) is 3.11. The van der Waals surface area contributed by atoms with E-state index in [9.17, 15) is 19.2 Å². The standard InChI is InChI=1S/C32H43N3O5.C8H7ClO2/c1-7-8-12-27(21-34-18-16-33(6)17-19-34)35(32(38)28-13-10-9-11-24(28)4)29-20-26(30(37)22-39-25(5)36)14-15-31(29)40-23(2)3;9-7-1-3-8(4-2-7)11-6-5-10/h9-15,20,23H,7-8,16-19,21-22H2,1-6H3;1-5H,6H2/b27-12+;. The van der Waals surface area contributed by atoms with Crippen molar-refractivity contribution in [3.63, 3.8) is 0 Å². The summed E-state index contributed by atoms with van der Waals surface area (Å²) in [6.45, 7) is 13.1. The van der Waals surface area contributed by atoms with E-state index in [2.05, 4.69) is 29.8 Å². The van der Waals surface area contributed by atoms with Crippen LogP contribution in [-0.2, 0) is 14.3 Å². The van der Waals surface area contributed by atoms with Gasteiger partial charge in [0.25, 0.3) is 5.91 Å². The molecule has 0 N–H and O–H groups in total. The number of esters is 1. The fourth-order valence-electron chi connectivity index (χ4n) is 5.23. The van der Waals surface area contributed by atoms with Crippen LogP contribution in [-0.4, -0.2) is 92.8 Å². The Morgan fingerprint density at radius 1 is 0.980 bits per heavy atom. The third kappa shape index (κ3) is 13.3. The van der Waals surface area contributed by atoms with Crippen LogP contribution in [0, 0.1) is 6.92 Å². The van der Waals surface area contributed by atoms with Crippen molar-refractivity contribution >= 4 is 41.2 Å². The Hall–Kier alpha value is -4.51. The number of hydrogen-bond donors (Lipinski definition) is 0. The predicted octanol–water partition coefficient (Wildman–Crippen LogP) is 7.02. The Morgan fingerprint density at radius 3 is 2.27 bits per heavy atom. The number of Topliss-reactive ketones (excluding diaryl/α,β-unsaturated/α-hetero) is 1. The van der Waals surface area contributed by atoms with Gasteiger partial charge >= 0.3 is 5.97 Å². The summed E-state index contributed by atoms with van der Waals surface area (Å²) in [6, 6.07) is 19.4. The fraction of sp³-hybridized carbons (Fsp3) is 0.400. The molecule has 0 unspecified atom stereocenters. The molecule has 1 fully saturated rings. The third-order valence-electron chi connectivity index (χ3n) is 7.94. The van der Waals surface area contributed by atoms with E-state index in [0.29, 0.717) is 46.2 Å². The van der Waals surface area contributed by atoms with Crippen molar-refractivity contribution in [1.29, 1.82) is 0 Å². The fourth-order valence-corrected chi connectivity index (χ4v) is 5.36. The Bertz CT molecular complexity index is 1630. The van der Waals surface area contributed by atoms with Crippen LogP contribution in [0.4, 0.5) is 5.69 Å². The minimum Gasteiger partial charge on any atom is -0.489 e. The van der Waals surface area contributed by atoms with Crippen LogP contribution in [0.15, 0.2) is 78.5 Å². The molecule has 0 bridgehead atoms. The first-order valence-corrected chi connectivity index (χ1v) is 17.6. The normalized spacial score (nSPS) is 13.5. The number of nitrogens with zero attached hydrogens (tertiary/aromatic N) is 3. The number of ether oxygens (including phenoxy) is 3. The monoisotopic (exact) mass is 719 g/mol. The van der Waals surface area contributed by atoms with Crippen molar-refractivity contribution < 1.29 is 33.4 Å². The molecule has 274 valence electrons. The van der Waals surface area contributed by atoms with Crippen molar-refractivity contribution in [3.8, 4) is 11.5 Å². The van der Waals surface area contributed by atoms with E-state index < -0.39 is 5.97 Å². The Labute approximate surface area is 306 Å². The second-order valence-corrected chi connectivity index (χ2v) is 12.9. The van der Waals surface area contributed by atoms with E-state index in [4.69, 9.17) is 25.8 Å². The number of carbonyl (C=O) groups is 4. The molecule has 0 radical (unpaired) electrons. The van der Waals surface area contributed by atoms with Gasteiger partial charge in [0.1, 0.15) is 18.1 Å². The molecule has 11 heteroatoms. The zero-order valence-electron chi connectivity index (χ0n) is 30.5. The van der Waals surface area contributed by atoms with E-state index in [1.54, 1.807) is 47.4 Å². The van der Waals surface area contributed by atoms with Crippen molar-refractivity contribution in [3.05, 3.63) is 100 Å². The molecule has 3 aromatic carbocycles. The van der Waals surface area contributed by atoms with Crippen molar-refractivity contribution in [2.24, 2.45) is 0 Å². The van der Waals surface area contributed by atoms with Crippen molar-refractivity contribution in [2.45, 2.75) is 53.6 Å². The summed E-state index contributed by atoms with van der Waals surface area (Å²) in [4.78, 5) is 55.1. The summed E-state index contributed by atoms with van der Waals surface area (Å²) in [5.74, 6) is 0.0895. The van der Waals surface area contributed by atoms with Gasteiger partial charge in [0.2, 0.25) is 0 Å². The molecule has 1 amide bonds. The van der Waals surface area contributed by atoms with Gasteiger partial charge in [-0.15, -0.1) is 0 Å². The van der Waals surface area contributed by atoms with Crippen molar-refractivity contribution in [2.75, 3.05) is 57.9 Å². The molecule has 1 aliphatic rings.